The minimum atomic E-state index is 0.928. The topological polar surface area (TPSA) is 12.9 Å². The van der Waals surface area contributed by atoms with E-state index < -0.39 is 0 Å². The summed E-state index contributed by atoms with van der Waals surface area (Å²) in [6, 6.07) is 3.96. The molecule has 48 valence electrons. The minimum Gasteiger partial charge on any atom is -0.248 e. The molecule has 0 saturated heterocycles. The average Bonchev–Trinajstić information content (AvgIpc) is 1.89. The van der Waals surface area contributed by atoms with Crippen LogP contribution in [0.5, 0.6) is 0 Å². The fourth-order valence-electron chi connectivity index (χ4n) is 0.524. The first kappa shape index (κ1) is 7.09. The van der Waals surface area contributed by atoms with Crippen molar-refractivity contribution in [2.45, 2.75) is 4.90 Å². The molecule has 1 heterocycles. The fourth-order valence-corrected chi connectivity index (χ4v) is 1.70. The van der Waals surface area contributed by atoms with Crippen molar-refractivity contribution in [2.75, 3.05) is 6.26 Å². The lowest BCUT2D eigenvalue weighted by Crippen LogP contribution is -1.75. The van der Waals surface area contributed by atoms with E-state index in [4.69, 9.17) is 0 Å². The Bertz CT molecular complexity index is 202. The van der Waals surface area contributed by atoms with Gasteiger partial charge < -0.3 is 0 Å². The smallest absolute Gasteiger partial charge is 0.119 e. The molecule has 9 heavy (non-hydrogen) atoms. The highest BCUT2D eigenvalue weighted by molar-refractivity contribution is 9.10. The predicted molar refractivity (Wildman–Crippen MR) is 43.7 cm³/mol. The Kier molecular flexibility index (Phi) is 2.54. The van der Waals surface area contributed by atoms with Gasteiger partial charge in [-0.3, -0.25) is 0 Å². The lowest BCUT2D eigenvalue weighted by Gasteiger charge is -1.95. The highest BCUT2D eigenvalue weighted by Crippen LogP contribution is 2.21. The Morgan fingerprint density at radius 2 is 2.44 bits per heavy atom. The van der Waals surface area contributed by atoms with Crippen molar-refractivity contribution in [3.63, 3.8) is 0 Å². The van der Waals surface area contributed by atoms with Gasteiger partial charge in [-0.25, -0.2) is 4.98 Å². The molecular formula is C6H6BrNS. The van der Waals surface area contributed by atoms with E-state index in [1.807, 2.05) is 18.4 Å². The van der Waals surface area contributed by atoms with Crippen LogP contribution in [0.2, 0.25) is 0 Å². The Labute approximate surface area is 67.0 Å². The normalized spacial score (nSPS) is 9.56. The molecule has 1 nitrogen and oxygen atoms in total. The summed E-state index contributed by atoms with van der Waals surface area (Å²) in [5, 5.41) is 0. The zero-order valence-electron chi connectivity index (χ0n) is 4.97. The average molecular weight is 204 g/mol. The zero-order chi connectivity index (χ0) is 6.69. The standard InChI is InChI=1S/C6H6BrNS/c1-9-5-3-2-4-8-6(5)7/h2-4H,1H3. The highest BCUT2D eigenvalue weighted by Gasteiger charge is 1.93. The fraction of sp³-hybridized carbons (Fsp3) is 0.167. The van der Waals surface area contributed by atoms with Crippen molar-refractivity contribution in [1.82, 2.24) is 4.98 Å². The second kappa shape index (κ2) is 3.22. The van der Waals surface area contributed by atoms with Crippen molar-refractivity contribution in [2.24, 2.45) is 0 Å². The molecule has 0 bridgehead atoms. The van der Waals surface area contributed by atoms with Crippen LogP contribution in [0, 0.1) is 0 Å². The van der Waals surface area contributed by atoms with Gasteiger partial charge in [0.2, 0.25) is 0 Å². The number of nitrogens with zero attached hydrogens (tertiary/aromatic N) is 1. The first-order chi connectivity index (χ1) is 4.34. The first-order valence-corrected chi connectivity index (χ1v) is 4.51. The minimum absolute atomic E-state index is 0.928. The largest absolute Gasteiger partial charge is 0.248 e. The van der Waals surface area contributed by atoms with Crippen LogP contribution in [0.3, 0.4) is 0 Å². The second-order valence-electron chi connectivity index (χ2n) is 1.50. The Hall–Kier alpha value is -0.0200. The van der Waals surface area contributed by atoms with Crippen molar-refractivity contribution in [3.05, 3.63) is 22.9 Å². The molecule has 0 aromatic carbocycles. The number of halogens is 1. The summed E-state index contributed by atoms with van der Waals surface area (Å²) in [6.45, 7) is 0. The van der Waals surface area contributed by atoms with E-state index in [0.717, 1.165) is 4.60 Å². The summed E-state index contributed by atoms with van der Waals surface area (Å²) >= 11 is 5.01. The lowest BCUT2D eigenvalue weighted by atomic mass is 10.5. The summed E-state index contributed by atoms with van der Waals surface area (Å²) in [4.78, 5) is 5.22. The van der Waals surface area contributed by atoms with Crippen LogP contribution in [-0.2, 0) is 0 Å². The van der Waals surface area contributed by atoms with Crippen LogP contribution in [0.15, 0.2) is 27.8 Å². The van der Waals surface area contributed by atoms with E-state index in [9.17, 15) is 0 Å². The maximum atomic E-state index is 4.05. The van der Waals surface area contributed by atoms with Crippen LogP contribution in [0.1, 0.15) is 0 Å². The molecule has 1 aromatic rings. The third kappa shape index (κ3) is 1.69. The van der Waals surface area contributed by atoms with Crippen LogP contribution in [-0.4, -0.2) is 11.2 Å². The highest BCUT2D eigenvalue weighted by atomic mass is 79.9. The molecule has 0 spiro atoms. The van der Waals surface area contributed by atoms with Crippen molar-refractivity contribution >= 4 is 27.7 Å². The predicted octanol–water partition coefficient (Wildman–Crippen LogP) is 2.57. The number of aromatic nitrogens is 1. The van der Waals surface area contributed by atoms with E-state index in [1.165, 1.54) is 4.90 Å². The molecule has 0 atom stereocenters. The number of pyridine rings is 1. The SMILES string of the molecule is CSc1cccnc1Br. The van der Waals surface area contributed by atoms with Crippen molar-refractivity contribution in [1.29, 1.82) is 0 Å². The van der Waals surface area contributed by atoms with Gasteiger partial charge in [0, 0.05) is 11.1 Å². The van der Waals surface area contributed by atoms with E-state index in [2.05, 4.69) is 20.9 Å². The summed E-state index contributed by atoms with van der Waals surface area (Å²) < 4.78 is 0.928. The van der Waals surface area contributed by atoms with E-state index >= 15 is 0 Å². The van der Waals surface area contributed by atoms with Crippen LogP contribution in [0.4, 0.5) is 0 Å². The molecule has 3 heteroatoms. The monoisotopic (exact) mass is 203 g/mol. The molecule has 0 N–H and O–H groups in total. The first-order valence-electron chi connectivity index (χ1n) is 2.49. The maximum Gasteiger partial charge on any atom is 0.119 e. The third-order valence-corrected chi connectivity index (χ3v) is 2.61. The summed E-state index contributed by atoms with van der Waals surface area (Å²) in [5.74, 6) is 0. The molecular weight excluding hydrogens is 198 g/mol. The second-order valence-corrected chi connectivity index (χ2v) is 3.10. The van der Waals surface area contributed by atoms with Crippen molar-refractivity contribution in [3.8, 4) is 0 Å². The van der Waals surface area contributed by atoms with Crippen molar-refractivity contribution < 1.29 is 0 Å². The molecule has 0 aliphatic carbocycles. The molecule has 0 saturated carbocycles. The molecule has 0 unspecified atom stereocenters. The molecule has 1 aromatic heterocycles. The van der Waals surface area contributed by atoms with E-state index in [-0.39, 0.29) is 0 Å². The summed E-state index contributed by atoms with van der Waals surface area (Å²) in [6.07, 6.45) is 3.80. The van der Waals surface area contributed by atoms with Crippen LogP contribution >= 0.6 is 27.7 Å². The Balaban J connectivity index is 3.01. The molecule has 0 fully saturated rings. The van der Waals surface area contributed by atoms with Gasteiger partial charge in [0.25, 0.3) is 0 Å². The van der Waals surface area contributed by atoms with Gasteiger partial charge in [0.1, 0.15) is 4.60 Å². The molecule has 1 rings (SSSR count). The lowest BCUT2D eigenvalue weighted by molar-refractivity contribution is 1.18. The van der Waals surface area contributed by atoms with Gasteiger partial charge in [-0.15, -0.1) is 11.8 Å². The van der Waals surface area contributed by atoms with Gasteiger partial charge in [-0.2, -0.15) is 0 Å². The van der Waals surface area contributed by atoms with Gasteiger partial charge in [-0.05, 0) is 34.3 Å². The number of thioether (sulfide) groups is 1. The Morgan fingerprint density at radius 1 is 1.67 bits per heavy atom. The van der Waals surface area contributed by atoms with Gasteiger partial charge in [0.15, 0.2) is 0 Å². The van der Waals surface area contributed by atoms with Gasteiger partial charge in [-0.1, -0.05) is 0 Å². The number of hydrogen-bond donors (Lipinski definition) is 0. The van der Waals surface area contributed by atoms with Crippen LogP contribution in [0.25, 0.3) is 0 Å². The number of rotatable bonds is 1. The van der Waals surface area contributed by atoms with Crippen LogP contribution < -0.4 is 0 Å². The summed E-state index contributed by atoms with van der Waals surface area (Å²) in [5.41, 5.74) is 0. The van der Waals surface area contributed by atoms with Gasteiger partial charge in [0.05, 0.1) is 0 Å². The van der Waals surface area contributed by atoms with Gasteiger partial charge >= 0.3 is 0 Å². The zero-order valence-corrected chi connectivity index (χ0v) is 7.37. The summed E-state index contributed by atoms with van der Waals surface area (Å²) in [7, 11) is 0. The molecule has 0 radical (unpaired) electrons. The van der Waals surface area contributed by atoms with E-state index in [1.54, 1.807) is 18.0 Å². The van der Waals surface area contributed by atoms with E-state index in [0.29, 0.717) is 0 Å². The molecule has 0 aliphatic rings. The molecule has 0 amide bonds. The quantitative estimate of drug-likeness (QED) is 0.515. The number of hydrogen-bond acceptors (Lipinski definition) is 2. The maximum absolute atomic E-state index is 4.05. The molecule has 0 aliphatic heterocycles. The third-order valence-electron chi connectivity index (χ3n) is 0.945. The Morgan fingerprint density at radius 3 is 2.89 bits per heavy atom.